The molecule has 0 aromatic heterocycles. The second-order valence-corrected chi connectivity index (χ2v) is 18.6. The molecule has 14 N–H and O–H groups in total. The Bertz CT molecular complexity index is 1600. The lowest BCUT2D eigenvalue weighted by molar-refractivity contribution is -0.400. The molecular formula is C36H56Br4O30. The highest BCUT2D eigenvalue weighted by atomic mass is 79.9. The minimum Gasteiger partial charge on any atom is -0.394 e. The first-order chi connectivity index (χ1) is 33.6. The number of halogens is 4. The van der Waals surface area contributed by atoms with Crippen LogP contribution in [0.5, 0.6) is 0 Å². The summed E-state index contributed by atoms with van der Waals surface area (Å²) in [5.74, 6) is 0. The topological polar surface area (TPSA) is 431 Å². The minimum atomic E-state index is -2.10. The maximum atomic E-state index is 11.6. The van der Waals surface area contributed by atoms with Crippen LogP contribution < -0.4 is 0 Å². The lowest BCUT2D eigenvalue weighted by Gasteiger charge is -2.51. The second kappa shape index (κ2) is 25.9. The van der Waals surface area contributed by atoms with Crippen LogP contribution in [0.3, 0.4) is 0 Å². The fourth-order valence-corrected chi connectivity index (χ4v) is 11.0. The van der Waals surface area contributed by atoms with E-state index in [2.05, 4.69) is 65.0 Å². The first-order valence-corrected chi connectivity index (χ1v) is 24.2. The van der Waals surface area contributed by atoms with Gasteiger partial charge in [0.25, 0.3) is 0 Å². The van der Waals surface area contributed by atoms with Crippen LogP contribution in [-0.4, -0.2) is 295 Å². The van der Waals surface area contributed by atoms with Gasteiger partial charge < -0.3 is 128 Å². The maximum Gasteiger partial charge on any atom is 0.187 e. The number of hydrogen-bond acceptors (Lipinski definition) is 30. The summed E-state index contributed by atoms with van der Waals surface area (Å²) in [7, 11) is 0. The van der Waals surface area contributed by atoms with Gasteiger partial charge in [-0.25, -0.2) is 0 Å². The molecule has 22 aliphatic rings. The smallest absolute Gasteiger partial charge is 0.187 e. The standard InChI is InChI=1S/C36H56Br4O30/c37-67-27-17(51)33-57-10(4-44)24(27)64-35-19(53)29(69-39)26(12(6-46)59-35)66-36-20(54)30(70-40)25(11(5-45)60-36)65-34-18(52)28(68-38)23(9(3-43)58-34)63-32-16(50)14(48)21(7(1-41)56-32)61-31-15(49)13(47)22(62-33)8(2-42)55-31/h7-36,41-54H,1-6H2/t7-,8-,9-,10-,11-,12-,13-,14-,15-,16-,17-,18-,19-,20-,21-,22-,23+,24+,25+,26+,27-,28-,29-,30-,31-,32-,33-,34-,35-,36-/m1/s1. The summed E-state index contributed by atoms with van der Waals surface area (Å²) in [4.78, 5) is 0. The largest absolute Gasteiger partial charge is 0.394 e. The van der Waals surface area contributed by atoms with E-state index in [9.17, 15) is 71.5 Å². The molecule has 30 nitrogen and oxygen atoms in total. The molecule has 30 atom stereocenters. The Morgan fingerprint density at radius 2 is 0.414 bits per heavy atom. The van der Waals surface area contributed by atoms with Crippen molar-refractivity contribution in [2.75, 3.05) is 39.6 Å². The molecule has 22 aliphatic heterocycles. The van der Waals surface area contributed by atoms with E-state index in [0.29, 0.717) is 0 Å². The predicted molar refractivity (Wildman–Crippen MR) is 227 cm³/mol. The monoisotopic (exact) mass is 1280 g/mol. The van der Waals surface area contributed by atoms with Crippen molar-refractivity contribution in [1.82, 2.24) is 0 Å². The minimum absolute atomic E-state index is 0.878. The molecule has 22 fully saturated rings. The van der Waals surface area contributed by atoms with Crippen LogP contribution in [0.1, 0.15) is 0 Å². The summed E-state index contributed by atoms with van der Waals surface area (Å²) in [5, 5.41) is 155. The quantitative estimate of drug-likeness (QED) is 0.0966. The average molecular weight is 1290 g/mol. The zero-order chi connectivity index (χ0) is 50.9. The van der Waals surface area contributed by atoms with Gasteiger partial charge >= 0.3 is 0 Å². The molecule has 0 aliphatic carbocycles. The van der Waals surface area contributed by atoms with Crippen LogP contribution in [-0.2, 0) is 72.2 Å². The Labute approximate surface area is 430 Å². The van der Waals surface area contributed by atoms with Crippen molar-refractivity contribution >= 4 is 65.0 Å². The molecule has 0 saturated carbocycles. The van der Waals surface area contributed by atoms with Crippen molar-refractivity contribution < 1.29 is 144 Å². The van der Waals surface area contributed by atoms with E-state index in [1.165, 1.54) is 0 Å². The third kappa shape index (κ3) is 11.6. The molecule has 22 rings (SSSR count). The molecule has 12 bridgehead atoms. The Hall–Kier alpha value is 0.720. The van der Waals surface area contributed by atoms with Gasteiger partial charge in [0.2, 0.25) is 0 Å². The normalized spacial score (nSPS) is 52.9. The van der Waals surface area contributed by atoms with E-state index in [0.717, 1.165) is 0 Å². The molecule has 70 heavy (non-hydrogen) atoms. The third-order valence-corrected chi connectivity index (χ3v) is 14.7. The number of aliphatic hydroxyl groups is 14. The Morgan fingerprint density at radius 3 is 0.600 bits per heavy atom. The van der Waals surface area contributed by atoms with E-state index < -0.39 is 224 Å². The number of aliphatic hydroxyl groups excluding tert-OH is 14. The summed E-state index contributed by atoms with van der Waals surface area (Å²) in [5.41, 5.74) is 0. The zero-order valence-electron chi connectivity index (χ0n) is 35.9. The van der Waals surface area contributed by atoms with Crippen molar-refractivity contribution in [2.45, 2.75) is 184 Å². The van der Waals surface area contributed by atoms with E-state index in [-0.39, 0.29) is 0 Å². The van der Waals surface area contributed by atoms with Crippen LogP contribution in [0.4, 0.5) is 0 Å². The lowest BCUT2D eigenvalue weighted by atomic mass is 9.94. The number of ether oxygens (including phenoxy) is 12. The van der Waals surface area contributed by atoms with Gasteiger partial charge in [0.15, 0.2) is 37.7 Å². The maximum absolute atomic E-state index is 11.6. The van der Waals surface area contributed by atoms with Gasteiger partial charge in [0.05, 0.1) is 105 Å². The van der Waals surface area contributed by atoms with Gasteiger partial charge in [-0.1, -0.05) is 0 Å². The zero-order valence-corrected chi connectivity index (χ0v) is 42.2. The first-order valence-electron chi connectivity index (χ1n) is 21.6. The molecule has 0 spiro atoms. The van der Waals surface area contributed by atoms with Crippen molar-refractivity contribution in [1.29, 1.82) is 0 Å². The molecule has 22 heterocycles. The summed E-state index contributed by atoms with van der Waals surface area (Å²) in [6.07, 6.45) is -52.6. The van der Waals surface area contributed by atoms with E-state index in [1.807, 2.05) is 0 Å². The van der Waals surface area contributed by atoms with Crippen LogP contribution >= 0.6 is 65.0 Å². The highest BCUT2D eigenvalue weighted by molar-refractivity contribution is 9.06. The summed E-state index contributed by atoms with van der Waals surface area (Å²) in [6.45, 7) is -5.46. The van der Waals surface area contributed by atoms with Gasteiger partial charge in [-0.15, -0.1) is 0 Å². The third-order valence-electron chi connectivity index (χ3n) is 13.0. The highest BCUT2D eigenvalue weighted by Gasteiger charge is 2.60. The highest BCUT2D eigenvalue weighted by Crippen LogP contribution is 2.40. The Kier molecular flexibility index (Phi) is 21.6. The molecule has 22 saturated heterocycles. The fourth-order valence-electron chi connectivity index (χ4n) is 9.27. The number of rotatable bonds is 10. The molecule has 0 aromatic rings. The van der Waals surface area contributed by atoms with E-state index >= 15 is 0 Å². The molecule has 408 valence electrons. The molecule has 0 amide bonds. The van der Waals surface area contributed by atoms with E-state index in [1.54, 1.807) is 0 Å². The molecule has 0 radical (unpaired) electrons. The van der Waals surface area contributed by atoms with Crippen LogP contribution in [0, 0.1) is 0 Å². The summed E-state index contributed by atoms with van der Waals surface area (Å²) >= 11 is 11.3. The van der Waals surface area contributed by atoms with Crippen molar-refractivity contribution in [3.05, 3.63) is 0 Å². The van der Waals surface area contributed by atoms with Crippen LogP contribution in [0.25, 0.3) is 0 Å². The molecule has 0 aromatic carbocycles. The number of hydrogen-bond donors (Lipinski definition) is 14. The van der Waals surface area contributed by atoms with Crippen LogP contribution in [0.2, 0.25) is 0 Å². The molecular weight excluding hydrogens is 1230 g/mol. The molecule has 34 heteroatoms. The average Bonchev–Trinajstić information content (AvgIpc) is 3.36. The van der Waals surface area contributed by atoms with Crippen molar-refractivity contribution in [3.63, 3.8) is 0 Å². The van der Waals surface area contributed by atoms with Crippen molar-refractivity contribution in [3.8, 4) is 0 Å². The Morgan fingerprint density at radius 1 is 0.243 bits per heavy atom. The van der Waals surface area contributed by atoms with Crippen molar-refractivity contribution in [2.24, 2.45) is 0 Å². The lowest BCUT2D eigenvalue weighted by Crippen LogP contribution is -2.69. The molecule has 0 unspecified atom stereocenters. The Balaban J connectivity index is 1.23. The van der Waals surface area contributed by atoms with Gasteiger partial charge in [-0.3, -0.25) is 15.3 Å². The SMILES string of the molecule is OC[C@H]1O[C@@H]2O[C@@H]3[C@H](OBr)[C@@H](O)[C@@H](O[C@@H]4[C@H](OBr)[C@@H](O)[C@@H](O[C@@H]5[C@H](OBr)[C@@H](O)[C@@H](O[C@H]6[C@H](O)[C@@H](O)[C@@H](O[C@H]7[C@H](O)[C@@H](O)[C@@H](O[C@@H]1[C@H](OBr)[C@H]2O)O[C@@H]7CO)O[C@@H]6CO)O[C@@H]5CO)O[C@@H]4CO)O[C@@H]3CO. The predicted octanol–water partition coefficient (Wildman–Crippen LogP) is -7.72. The second-order valence-electron chi connectivity index (χ2n) is 17.1. The van der Waals surface area contributed by atoms with Gasteiger partial charge in [-0.05, 0) is 0 Å². The summed E-state index contributed by atoms with van der Waals surface area (Å²) < 4.78 is 92.2. The van der Waals surface area contributed by atoms with Crippen LogP contribution in [0.15, 0.2) is 0 Å². The van der Waals surface area contributed by atoms with E-state index in [4.69, 9.17) is 72.2 Å². The summed E-state index contributed by atoms with van der Waals surface area (Å²) in [6, 6.07) is 0. The van der Waals surface area contributed by atoms with Gasteiger partial charge in [-0.2, -0.15) is 0 Å². The van der Waals surface area contributed by atoms with Gasteiger partial charge in [0, 0.05) is 0 Å². The fraction of sp³-hybridized carbons (Fsp3) is 1.00. The van der Waals surface area contributed by atoms with Gasteiger partial charge in [0.1, 0.15) is 146 Å². The first kappa shape index (κ1) is 58.4.